The molecule has 1 heterocycles. The van der Waals surface area contributed by atoms with Crippen molar-refractivity contribution in [2.24, 2.45) is 0 Å². The first-order chi connectivity index (χ1) is 8.50. The third-order valence-electron chi connectivity index (χ3n) is 2.90. The van der Waals surface area contributed by atoms with Crippen molar-refractivity contribution >= 4 is 5.97 Å². The predicted molar refractivity (Wildman–Crippen MR) is 68.6 cm³/mol. The number of carboxylic acids is 1. The molecule has 0 atom stereocenters. The minimum Gasteiger partial charge on any atom is -0.478 e. The van der Waals surface area contributed by atoms with Crippen molar-refractivity contribution in [3.63, 3.8) is 0 Å². The molecular weight excluding hydrogens is 228 g/mol. The Morgan fingerprint density at radius 2 is 1.89 bits per heavy atom. The number of aryl methyl sites for hydroxylation is 3. The van der Waals surface area contributed by atoms with Crippen molar-refractivity contribution in [2.45, 2.75) is 20.8 Å². The van der Waals surface area contributed by atoms with Gasteiger partial charge in [-0.15, -0.1) is 0 Å². The minimum absolute atomic E-state index is 0.172. The van der Waals surface area contributed by atoms with Crippen molar-refractivity contribution in [1.82, 2.24) is 9.97 Å². The predicted octanol–water partition coefficient (Wildman–Crippen LogP) is 2.77. The molecule has 0 aliphatic rings. The van der Waals surface area contributed by atoms with Gasteiger partial charge in [0, 0.05) is 5.56 Å². The second-order valence-corrected chi connectivity index (χ2v) is 4.31. The number of nitrogens with zero attached hydrogens (tertiary/aromatic N) is 2. The molecule has 1 N–H and O–H groups in total. The lowest BCUT2D eigenvalue weighted by Crippen LogP contribution is -2.07. The van der Waals surface area contributed by atoms with Gasteiger partial charge in [-0.05, 0) is 32.4 Å². The monoisotopic (exact) mass is 242 g/mol. The third-order valence-corrected chi connectivity index (χ3v) is 2.90. The van der Waals surface area contributed by atoms with E-state index in [1.54, 1.807) is 6.92 Å². The molecule has 0 saturated heterocycles. The van der Waals surface area contributed by atoms with Crippen LogP contribution in [0.4, 0.5) is 0 Å². The van der Waals surface area contributed by atoms with Crippen LogP contribution in [0, 0.1) is 20.8 Å². The molecule has 0 saturated carbocycles. The Hall–Kier alpha value is -2.23. The summed E-state index contributed by atoms with van der Waals surface area (Å²) >= 11 is 0. The molecule has 0 radical (unpaired) electrons. The maximum atomic E-state index is 11.3. The van der Waals surface area contributed by atoms with E-state index < -0.39 is 5.97 Å². The maximum Gasteiger partial charge on any atom is 0.339 e. The smallest absolute Gasteiger partial charge is 0.339 e. The number of rotatable bonds is 2. The molecule has 0 aliphatic carbocycles. The Morgan fingerprint density at radius 1 is 1.17 bits per heavy atom. The zero-order valence-electron chi connectivity index (χ0n) is 10.6. The lowest BCUT2D eigenvalue weighted by molar-refractivity contribution is 0.0696. The Labute approximate surface area is 105 Å². The molecule has 0 spiro atoms. The van der Waals surface area contributed by atoms with Gasteiger partial charge in [-0.1, -0.05) is 17.7 Å². The van der Waals surface area contributed by atoms with E-state index in [4.69, 9.17) is 0 Å². The summed E-state index contributed by atoms with van der Waals surface area (Å²) in [5, 5.41) is 9.29. The van der Waals surface area contributed by atoms with Gasteiger partial charge >= 0.3 is 5.97 Å². The lowest BCUT2D eigenvalue weighted by Gasteiger charge is -2.10. The number of benzene rings is 1. The minimum atomic E-state index is -0.996. The van der Waals surface area contributed by atoms with E-state index in [-0.39, 0.29) is 5.56 Å². The van der Waals surface area contributed by atoms with E-state index in [0.717, 1.165) is 16.7 Å². The SMILES string of the molecule is Cc1ccc(C)c(-c2ncnc(C)c2C(=O)O)c1. The van der Waals surface area contributed by atoms with Crippen molar-refractivity contribution in [1.29, 1.82) is 0 Å². The van der Waals surface area contributed by atoms with Crippen molar-refractivity contribution in [3.8, 4) is 11.3 Å². The van der Waals surface area contributed by atoms with Crippen LogP contribution in [-0.2, 0) is 0 Å². The zero-order valence-corrected chi connectivity index (χ0v) is 10.6. The van der Waals surface area contributed by atoms with Crippen LogP contribution in [0.25, 0.3) is 11.3 Å². The van der Waals surface area contributed by atoms with Gasteiger partial charge in [-0.2, -0.15) is 0 Å². The molecule has 2 rings (SSSR count). The Morgan fingerprint density at radius 3 is 2.56 bits per heavy atom. The Balaban J connectivity index is 2.75. The summed E-state index contributed by atoms with van der Waals surface area (Å²) in [4.78, 5) is 19.4. The van der Waals surface area contributed by atoms with Gasteiger partial charge in [0.2, 0.25) is 0 Å². The van der Waals surface area contributed by atoms with Crippen LogP contribution in [0.3, 0.4) is 0 Å². The highest BCUT2D eigenvalue weighted by atomic mass is 16.4. The standard InChI is InChI=1S/C14H14N2O2/c1-8-4-5-9(2)11(6-8)13-12(14(17)18)10(3)15-7-16-13/h4-7H,1-3H3,(H,17,18). The molecule has 0 aliphatic heterocycles. The maximum absolute atomic E-state index is 11.3. The fourth-order valence-corrected chi connectivity index (χ4v) is 1.92. The van der Waals surface area contributed by atoms with Gasteiger partial charge < -0.3 is 5.11 Å². The fourth-order valence-electron chi connectivity index (χ4n) is 1.92. The average Bonchev–Trinajstić information content (AvgIpc) is 2.31. The largest absolute Gasteiger partial charge is 0.478 e. The van der Waals surface area contributed by atoms with Crippen molar-refractivity contribution in [3.05, 3.63) is 46.9 Å². The van der Waals surface area contributed by atoms with E-state index in [9.17, 15) is 9.90 Å². The molecule has 1 aromatic heterocycles. The Kier molecular flexibility index (Phi) is 3.10. The Bertz CT molecular complexity index is 621. The summed E-state index contributed by atoms with van der Waals surface area (Å²) in [7, 11) is 0. The zero-order chi connectivity index (χ0) is 13.3. The molecular formula is C14H14N2O2. The first kappa shape index (κ1) is 12.2. The van der Waals surface area contributed by atoms with Crippen LogP contribution in [0.15, 0.2) is 24.5 Å². The molecule has 92 valence electrons. The number of hydrogen-bond donors (Lipinski definition) is 1. The van der Waals surface area contributed by atoms with Crippen LogP contribution in [0.2, 0.25) is 0 Å². The highest BCUT2D eigenvalue weighted by molar-refractivity contribution is 5.96. The van der Waals surface area contributed by atoms with Gasteiger partial charge in [0.25, 0.3) is 0 Å². The van der Waals surface area contributed by atoms with E-state index in [2.05, 4.69) is 9.97 Å². The van der Waals surface area contributed by atoms with Crippen LogP contribution < -0.4 is 0 Å². The van der Waals surface area contributed by atoms with Crippen LogP contribution in [-0.4, -0.2) is 21.0 Å². The summed E-state index contributed by atoms with van der Waals surface area (Å²) < 4.78 is 0. The normalized spacial score (nSPS) is 10.4. The van der Waals surface area contributed by atoms with Gasteiger partial charge in [-0.3, -0.25) is 0 Å². The summed E-state index contributed by atoms with van der Waals surface area (Å²) in [5.74, 6) is -0.996. The van der Waals surface area contributed by atoms with E-state index >= 15 is 0 Å². The topological polar surface area (TPSA) is 63.1 Å². The number of aromatic carboxylic acids is 1. The lowest BCUT2D eigenvalue weighted by atomic mass is 9.98. The van der Waals surface area contributed by atoms with Crippen molar-refractivity contribution in [2.75, 3.05) is 0 Å². The molecule has 4 nitrogen and oxygen atoms in total. The van der Waals surface area contributed by atoms with E-state index in [1.165, 1.54) is 6.33 Å². The number of hydrogen-bond acceptors (Lipinski definition) is 3. The van der Waals surface area contributed by atoms with Gasteiger partial charge in [-0.25, -0.2) is 14.8 Å². The van der Waals surface area contributed by atoms with Crippen LogP contribution >= 0.6 is 0 Å². The fraction of sp³-hybridized carbons (Fsp3) is 0.214. The molecule has 0 amide bonds. The molecule has 18 heavy (non-hydrogen) atoms. The molecule has 4 heteroatoms. The molecule has 0 fully saturated rings. The molecule has 0 unspecified atom stereocenters. The first-order valence-electron chi connectivity index (χ1n) is 5.63. The summed E-state index contributed by atoms with van der Waals surface area (Å²) in [5.41, 5.74) is 4.05. The molecule has 1 aromatic carbocycles. The number of carboxylic acid groups (broad SMARTS) is 1. The summed E-state index contributed by atoms with van der Waals surface area (Å²) in [6, 6.07) is 5.91. The van der Waals surface area contributed by atoms with Gasteiger partial charge in [0.15, 0.2) is 0 Å². The molecule has 2 aromatic rings. The summed E-state index contributed by atoms with van der Waals surface area (Å²) in [6.07, 6.45) is 1.40. The third kappa shape index (κ3) is 2.09. The quantitative estimate of drug-likeness (QED) is 0.879. The van der Waals surface area contributed by atoms with E-state index in [0.29, 0.717) is 11.4 Å². The van der Waals surface area contributed by atoms with Gasteiger partial charge in [0.1, 0.15) is 11.9 Å². The number of aromatic nitrogens is 2. The molecule has 0 bridgehead atoms. The summed E-state index contributed by atoms with van der Waals surface area (Å²) in [6.45, 7) is 5.59. The van der Waals surface area contributed by atoms with E-state index in [1.807, 2.05) is 32.0 Å². The second kappa shape index (κ2) is 4.56. The van der Waals surface area contributed by atoms with Gasteiger partial charge in [0.05, 0.1) is 11.4 Å². The number of carbonyl (C=O) groups is 1. The second-order valence-electron chi connectivity index (χ2n) is 4.31. The van der Waals surface area contributed by atoms with Crippen molar-refractivity contribution < 1.29 is 9.90 Å². The first-order valence-corrected chi connectivity index (χ1v) is 5.63. The highest BCUT2D eigenvalue weighted by Gasteiger charge is 2.18. The highest BCUT2D eigenvalue weighted by Crippen LogP contribution is 2.26. The van der Waals surface area contributed by atoms with Crippen LogP contribution in [0.1, 0.15) is 27.2 Å². The average molecular weight is 242 g/mol. The van der Waals surface area contributed by atoms with Crippen LogP contribution in [0.5, 0.6) is 0 Å².